The molecule has 0 radical (unpaired) electrons. The van der Waals surface area contributed by atoms with Gasteiger partial charge in [-0.2, -0.15) is 5.10 Å². The normalized spacial score (nSPS) is 23.8. The second-order valence-corrected chi connectivity index (χ2v) is 5.11. The van der Waals surface area contributed by atoms with Gasteiger partial charge in [-0.1, -0.05) is 0 Å². The van der Waals surface area contributed by atoms with Gasteiger partial charge in [-0.05, 0) is 12.8 Å². The molecule has 0 saturated carbocycles. The van der Waals surface area contributed by atoms with Crippen LogP contribution in [-0.4, -0.2) is 48.7 Å². The Morgan fingerprint density at radius 1 is 1.42 bits per heavy atom. The second kappa shape index (κ2) is 5.71. The molecule has 1 aromatic heterocycles. The van der Waals surface area contributed by atoms with Gasteiger partial charge in [0.25, 0.3) is 5.56 Å². The van der Waals surface area contributed by atoms with E-state index in [0.29, 0.717) is 6.54 Å². The number of ether oxygens (including phenoxy) is 1. The highest BCUT2D eigenvalue weighted by Gasteiger charge is 2.18. The Morgan fingerprint density at radius 3 is 2.95 bits per heavy atom. The van der Waals surface area contributed by atoms with Crippen LogP contribution in [0, 0.1) is 0 Å². The second-order valence-electron chi connectivity index (χ2n) is 5.11. The first kappa shape index (κ1) is 12.6. The molecule has 1 N–H and O–H groups in total. The van der Waals surface area contributed by atoms with Gasteiger partial charge < -0.3 is 15.0 Å². The Labute approximate surface area is 112 Å². The van der Waals surface area contributed by atoms with E-state index in [9.17, 15) is 4.79 Å². The summed E-state index contributed by atoms with van der Waals surface area (Å²) in [4.78, 5) is 14.3. The van der Waals surface area contributed by atoms with Crippen molar-refractivity contribution in [2.75, 3.05) is 37.7 Å². The molecule has 0 spiro atoms. The smallest absolute Gasteiger partial charge is 0.268 e. The van der Waals surface area contributed by atoms with Crippen LogP contribution in [0.1, 0.15) is 12.8 Å². The summed E-state index contributed by atoms with van der Waals surface area (Å²) in [6.07, 6.45) is 4.04. The van der Waals surface area contributed by atoms with E-state index >= 15 is 0 Å². The highest BCUT2D eigenvalue weighted by atomic mass is 16.5. The Hall–Kier alpha value is -1.40. The van der Waals surface area contributed by atoms with Crippen molar-refractivity contribution in [3.8, 4) is 0 Å². The number of nitrogens with zero attached hydrogens (tertiary/aromatic N) is 3. The highest BCUT2D eigenvalue weighted by molar-refractivity contribution is 5.43. The standard InChI is InChI=1S/C13H20N4O2/c18-13-8-11(16-5-3-14-4-6-16)9-15-17(13)10-12-2-1-7-19-12/h8-9,12,14H,1-7,10H2/t12-/m0/s1. The van der Waals surface area contributed by atoms with Crippen molar-refractivity contribution in [3.63, 3.8) is 0 Å². The summed E-state index contributed by atoms with van der Waals surface area (Å²) in [5.41, 5.74) is 0.890. The van der Waals surface area contributed by atoms with E-state index in [2.05, 4.69) is 15.3 Å². The fourth-order valence-corrected chi connectivity index (χ4v) is 2.64. The molecule has 0 bridgehead atoms. The molecule has 0 unspecified atom stereocenters. The molecule has 2 aliphatic heterocycles. The lowest BCUT2D eigenvalue weighted by atomic mass is 10.2. The van der Waals surface area contributed by atoms with Gasteiger partial charge in [0, 0.05) is 38.9 Å². The molecule has 6 heteroatoms. The minimum atomic E-state index is -0.0356. The van der Waals surface area contributed by atoms with Crippen molar-refractivity contribution in [2.24, 2.45) is 0 Å². The summed E-state index contributed by atoms with van der Waals surface area (Å²) < 4.78 is 7.06. The van der Waals surface area contributed by atoms with Crippen LogP contribution in [-0.2, 0) is 11.3 Å². The van der Waals surface area contributed by atoms with Gasteiger partial charge in [-0.15, -0.1) is 0 Å². The zero-order chi connectivity index (χ0) is 13.1. The van der Waals surface area contributed by atoms with Crippen molar-refractivity contribution >= 4 is 5.69 Å². The topological polar surface area (TPSA) is 59.4 Å². The van der Waals surface area contributed by atoms with Crippen molar-refractivity contribution in [1.82, 2.24) is 15.1 Å². The van der Waals surface area contributed by atoms with Gasteiger partial charge in [0.2, 0.25) is 0 Å². The SMILES string of the molecule is O=c1cc(N2CCNCC2)cnn1C[C@@H]1CCCO1. The van der Waals surface area contributed by atoms with Gasteiger partial charge in [0.1, 0.15) is 0 Å². The molecule has 0 aliphatic carbocycles. The van der Waals surface area contributed by atoms with Crippen LogP contribution in [0.5, 0.6) is 0 Å². The minimum Gasteiger partial charge on any atom is -0.376 e. The number of aromatic nitrogens is 2. The van der Waals surface area contributed by atoms with Crippen LogP contribution in [0.3, 0.4) is 0 Å². The van der Waals surface area contributed by atoms with E-state index in [1.54, 1.807) is 12.3 Å². The molecule has 2 aliphatic rings. The summed E-state index contributed by atoms with van der Waals surface area (Å²) in [6, 6.07) is 1.69. The van der Waals surface area contributed by atoms with Crippen LogP contribution in [0.15, 0.2) is 17.1 Å². The van der Waals surface area contributed by atoms with Crippen LogP contribution in [0.4, 0.5) is 5.69 Å². The summed E-state index contributed by atoms with van der Waals surface area (Å²) in [7, 11) is 0. The molecule has 2 saturated heterocycles. The van der Waals surface area contributed by atoms with E-state index in [1.165, 1.54) is 4.68 Å². The molecule has 1 atom stereocenters. The quantitative estimate of drug-likeness (QED) is 0.821. The third kappa shape index (κ3) is 2.96. The molecule has 0 amide bonds. The predicted molar refractivity (Wildman–Crippen MR) is 72.6 cm³/mol. The molecule has 3 heterocycles. The molecular formula is C13H20N4O2. The number of piperazine rings is 1. The highest BCUT2D eigenvalue weighted by Crippen LogP contribution is 2.14. The summed E-state index contributed by atoms with van der Waals surface area (Å²) in [5, 5.41) is 7.58. The molecular weight excluding hydrogens is 244 g/mol. The van der Waals surface area contributed by atoms with Crippen molar-refractivity contribution in [3.05, 3.63) is 22.6 Å². The van der Waals surface area contributed by atoms with Crippen molar-refractivity contribution in [2.45, 2.75) is 25.5 Å². The zero-order valence-corrected chi connectivity index (χ0v) is 11.0. The van der Waals surface area contributed by atoms with E-state index in [-0.39, 0.29) is 11.7 Å². The largest absolute Gasteiger partial charge is 0.376 e. The van der Waals surface area contributed by atoms with Gasteiger partial charge in [0.05, 0.1) is 24.5 Å². The summed E-state index contributed by atoms with van der Waals surface area (Å²) >= 11 is 0. The molecule has 104 valence electrons. The molecule has 1 aromatic rings. The van der Waals surface area contributed by atoms with E-state index in [0.717, 1.165) is 51.3 Å². The van der Waals surface area contributed by atoms with Crippen LogP contribution < -0.4 is 15.8 Å². The number of hydrogen-bond donors (Lipinski definition) is 1. The Morgan fingerprint density at radius 2 is 2.26 bits per heavy atom. The van der Waals surface area contributed by atoms with E-state index in [1.807, 2.05) is 0 Å². The van der Waals surface area contributed by atoms with Crippen molar-refractivity contribution < 1.29 is 4.74 Å². The van der Waals surface area contributed by atoms with E-state index < -0.39 is 0 Å². The monoisotopic (exact) mass is 264 g/mol. The maximum absolute atomic E-state index is 12.1. The number of nitrogens with one attached hydrogen (secondary N) is 1. The summed E-state index contributed by atoms with van der Waals surface area (Å²) in [6.45, 7) is 5.14. The maximum atomic E-state index is 12.1. The van der Waals surface area contributed by atoms with Gasteiger partial charge in [0.15, 0.2) is 0 Å². The molecule has 0 aromatic carbocycles. The Balaban J connectivity index is 1.71. The Bertz CT molecular complexity index is 476. The predicted octanol–water partition coefficient (Wildman–Crippen LogP) is -0.168. The number of anilines is 1. The lowest BCUT2D eigenvalue weighted by Crippen LogP contribution is -2.44. The summed E-state index contributed by atoms with van der Waals surface area (Å²) in [5.74, 6) is 0. The third-order valence-corrected chi connectivity index (χ3v) is 3.74. The zero-order valence-electron chi connectivity index (χ0n) is 11.0. The lowest BCUT2D eigenvalue weighted by molar-refractivity contribution is 0.0927. The van der Waals surface area contributed by atoms with Crippen molar-refractivity contribution in [1.29, 1.82) is 0 Å². The van der Waals surface area contributed by atoms with Crippen LogP contribution >= 0.6 is 0 Å². The minimum absolute atomic E-state index is 0.0356. The first-order valence-corrected chi connectivity index (χ1v) is 6.97. The number of rotatable bonds is 3. The maximum Gasteiger partial charge on any atom is 0.268 e. The average molecular weight is 264 g/mol. The van der Waals surface area contributed by atoms with E-state index in [4.69, 9.17) is 4.74 Å². The van der Waals surface area contributed by atoms with Gasteiger partial charge in [-0.3, -0.25) is 4.79 Å². The first-order valence-electron chi connectivity index (χ1n) is 6.97. The van der Waals surface area contributed by atoms with Crippen LogP contribution in [0.25, 0.3) is 0 Å². The third-order valence-electron chi connectivity index (χ3n) is 3.74. The Kier molecular flexibility index (Phi) is 3.79. The molecule has 2 fully saturated rings. The molecule has 6 nitrogen and oxygen atoms in total. The van der Waals surface area contributed by atoms with Crippen LogP contribution in [0.2, 0.25) is 0 Å². The fraction of sp³-hybridized carbons (Fsp3) is 0.692. The van der Waals surface area contributed by atoms with Gasteiger partial charge in [-0.25, -0.2) is 4.68 Å². The lowest BCUT2D eigenvalue weighted by Gasteiger charge is -2.29. The first-order chi connectivity index (χ1) is 9.33. The fourth-order valence-electron chi connectivity index (χ4n) is 2.64. The average Bonchev–Trinajstić information content (AvgIpc) is 2.95. The van der Waals surface area contributed by atoms with Gasteiger partial charge >= 0.3 is 0 Å². The molecule has 3 rings (SSSR count). The molecule has 19 heavy (non-hydrogen) atoms. The number of hydrogen-bond acceptors (Lipinski definition) is 5.